The number of nitrogens with one attached hydrogen (secondary N) is 1. The van der Waals surface area contributed by atoms with Gasteiger partial charge in [-0.05, 0) is 36.8 Å². The summed E-state index contributed by atoms with van der Waals surface area (Å²) in [7, 11) is 0. The average Bonchev–Trinajstić information content (AvgIpc) is 2.43. The molecule has 0 saturated heterocycles. The van der Waals surface area contributed by atoms with Crippen LogP contribution in [0.3, 0.4) is 0 Å². The van der Waals surface area contributed by atoms with Crippen molar-refractivity contribution in [2.75, 3.05) is 5.32 Å². The molecule has 0 aliphatic carbocycles. The topological polar surface area (TPSA) is 72.2 Å². The van der Waals surface area contributed by atoms with Gasteiger partial charge in [-0.25, -0.2) is 8.78 Å². The molecule has 0 fully saturated rings. The number of aryl methyl sites for hydroxylation is 1. The molecule has 108 valence electrons. The van der Waals surface area contributed by atoms with Crippen molar-refractivity contribution >= 4 is 17.3 Å². The lowest BCUT2D eigenvalue weighted by Gasteiger charge is -2.09. The third-order valence-electron chi connectivity index (χ3n) is 2.84. The van der Waals surface area contributed by atoms with Crippen molar-refractivity contribution < 1.29 is 18.5 Å². The normalized spacial score (nSPS) is 10.2. The van der Waals surface area contributed by atoms with E-state index in [1.54, 1.807) is 6.92 Å². The first-order valence-corrected chi connectivity index (χ1v) is 5.90. The molecule has 2 rings (SSSR count). The summed E-state index contributed by atoms with van der Waals surface area (Å²) in [6, 6.07) is 6.37. The van der Waals surface area contributed by atoms with Gasteiger partial charge in [-0.2, -0.15) is 0 Å². The second-order valence-electron chi connectivity index (χ2n) is 4.33. The maximum Gasteiger partial charge on any atom is 0.269 e. The van der Waals surface area contributed by atoms with Crippen LogP contribution in [0.1, 0.15) is 15.9 Å². The molecule has 1 amide bonds. The van der Waals surface area contributed by atoms with E-state index in [0.29, 0.717) is 5.56 Å². The van der Waals surface area contributed by atoms with E-state index in [4.69, 9.17) is 0 Å². The van der Waals surface area contributed by atoms with Gasteiger partial charge >= 0.3 is 0 Å². The zero-order valence-electron chi connectivity index (χ0n) is 10.9. The minimum atomic E-state index is -0.853. The quantitative estimate of drug-likeness (QED) is 0.695. The summed E-state index contributed by atoms with van der Waals surface area (Å²) >= 11 is 0. The molecule has 0 saturated carbocycles. The van der Waals surface area contributed by atoms with Gasteiger partial charge in [-0.15, -0.1) is 0 Å². The lowest BCUT2D eigenvalue weighted by atomic mass is 10.1. The van der Waals surface area contributed by atoms with Crippen molar-refractivity contribution in [1.29, 1.82) is 0 Å². The van der Waals surface area contributed by atoms with Gasteiger partial charge in [0, 0.05) is 17.8 Å². The Morgan fingerprint density at radius 2 is 1.90 bits per heavy atom. The Bertz CT molecular complexity index is 732. The summed E-state index contributed by atoms with van der Waals surface area (Å²) < 4.78 is 26.5. The third-order valence-corrected chi connectivity index (χ3v) is 2.84. The van der Waals surface area contributed by atoms with E-state index in [1.165, 1.54) is 18.2 Å². The monoisotopic (exact) mass is 292 g/mol. The molecule has 0 atom stereocenters. The van der Waals surface area contributed by atoms with Gasteiger partial charge in [-0.3, -0.25) is 14.9 Å². The fourth-order valence-corrected chi connectivity index (χ4v) is 1.76. The summed E-state index contributed by atoms with van der Waals surface area (Å²) in [6.45, 7) is 1.56. The first-order valence-electron chi connectivity index (χ1n) is 5.90. The van der Waals surface area contributed by atoms with Crippen LogP contribution in [0.2, 0.25) is 0 Å². The number of nitro groups is 1. The first-order chi connectivity index (χ1) is 9.88. The molecule has 7 heteroatoms. The fourth-order valence-electron chi connectivity index (χ4n) is 1.76. The molecule has 0 aliphatic heterocycles. The van der Waals surface area contributed by atoms with Crippen molar-refractivity contribution in [3.63, 3.8) is 0 Å². The summed E-state index contributed by atoms with van der Waals surface area (Å²) in [4.78, 5) is 22.0. The van der Waals surface area contributed by atoms with Crippen molar-refractivity contribution in [3.8, 4) is 0 Å². The van der Waals surface area contributed by atoms with Crippen molar-refractivity contribution in [1.82, 2.24) is 0 Å². The molecule has 0 unspecified atom stereocenters. The number of amides is 1. The Kier molecular flexibility index (Phi) is 3.93. The molecule has 0 aromatic heterocycles. The SMILES string of the molecule is Cc1cc([N+](=O)[O-])ccc1NC(=O)c1cc(F)ccc1F. The number of rotatable bonds is 3. The number of non-ortho nitro benzene ring substituents is 1. The molecule has 0 bridgehead atoms. The van der Waals surface area contributed by atoms with E-state index in [1.807, 2.05) is 0 Å². The zero-order valence-corrected chi connectivity index (χ0v) is 10.9. The Morgan fingerprint density at radius 1 is 1.19 bits per heavy atom. The molecule has 2 aromatic rings. The highest BCUT2D eigenvalue weighted by atomic mass is 19.1. The number of anilines is 1. The Balaban J connectivity index is 2.27. The fraction of sp³-hybridized carbons (Fsp3) is 0.0714. The lowest BCUT2D eigenvalue weighted by molar-refractivity contribution is -0.384. The highest BCUT2D eigenvalue weighted by Gasteiger charge is 2.15. The lowest BCUT2D eigenvalue weighted by Crippen LogP contribution is -2.15. The van der Waals surface area contributed by atoms with Gasteiger partial charge in [-0.1, -0.05) is 0 Å². The standard InChI is InChI=1S/C14H10F2N2O3/c1-8-6-10(18(20)21)3-5-13(8)17-14(19)11-7-9(15)2-4-12(11)16/h2-7H,1H3,(H,17,19). The number of nitro benzene ring substituents is 1. The zero-order chi connectivity index (χ0) is 15.6. The Hall–Kier alpha value is -2.83. The second-order valence-corrected chi connectivity index (χ2v) is 4.33. The predicted octanol–water partition coefficient (Wildman–Crippen LogP) is 3.43. The van der Waals surface area contributed by atoms with E-state index >= 15 is 0 Å². The van der Waals surface area contributed by atoms with Crippen LogP contribution in [0.5, 0.6) is 0 Å². The molecule has 0 spiro atoms. The van der Waals surface area contributed by atoms with Gasteiger partial charge < -0.3 is 5.32 Å². The molecule has 2 aromatic carbocycles. The molecule has 0 heterocycles. The summed E-state index contributed by atoms with van der Waals surface area (Å²) in [5.74, 6) is -2.42. The Morgan fingerprint density at radius 3 is 2.52 bits per heavy atom. The summed E-state index contributed by atoms with van der Waals surface area (Å²) in [5, 5.41) is 13.0. The highest BCUT2D eigenvalue weighted by Crippen LogP contribution is 2.22. The predicted molar refractivity (Wildman–Crippen MR) is 72.1 cm³/mol. The summed E-state index contributed by atoms with van der Waals surface area (Å²) in [6.07, 6.45) is 0. The largest absolute Gasteiger partial charge is 0.322 e. The van der Waals surface area contributed by atoms with Crippen LogP contribution in [0, 0.1) is 28.7 Å². The average molecular weight is 292 g/mol. The maximum absolute atomic E-state index is 13.5. The van der Waals surface area contributed by atoms with Gasteiger partial charge in [0.15, 0.2) is 0 Å². The molecular weight excluding hydrogens is 282 g/mol. The summed E-state index contributed by atoms with van der Waals surface area (Å²) in [5.41, 5.74) is 0.166. The van der Waals surface area contributed by atoms with E-state index in [-0.39, 0.29) is 11.4 Å². The maximum atomic E-state index is 13.5. The number of hydrogen-bond donors (Lipinski definition) is 1. The molecule has 0 radical (unpaired) electrons. The first kappa shape index (κ1) is 14.6. The van der Waals surface area contributed by atoms with Crippen LogP contribution in [0.25, 0.3) is 0 Å². The van der Waals surface area contributed by atoms with Crippen molar-refractivity contribution in [2.45, 2.75) is 6.92 Å². The minimum absolute atomic E-state index is 0.123. The molecule has 5 nitrogen and oxygen atoms in total. The van der Waals surface area contributed by atoms with Crippen LogP contribution in [0.4, 0.5) is 20.2 Å². The number of hydrogen-bond acceptors (Lipinski definition) is 3. The third kappa shape index (κ3) is 3.19. The van der Waals surface area contributed by atoms with Crippen LogP contribution >= 0.6 is 0 Å². The molecule has 1 N–H and O–H groups in total. The van der Waals surface area contributed by atoms with Gasteiger partial charge in [0.1, 0.15) is 11.6 Å². The molecule has 0 aliphatic rings. The van der Waals surface area contributed by atoms with Crippen LogP contribution in [0.15, 0.2) is 36.4 Å². The van der Waals surface area contributed by atoms with Gasteiger partial charge in [0.2, 0.25) is 0 Å². The number of carbonyl (C=O) groups is 1. The van der Waals surface area contributed by atoms with Crippen LogP contribution in [-0.4, -0.2) is 10.8 Å². The van der Waals surface area contributed by atoms with Gasteiger partial charge in [0.05, 0.1) is 10.5 Å². The van der Waals surface area contributed by atoms with E-state index in [9.17, 15) is 23.7 Å². The van der Waals surface area contributed by atoms with Crippen molar-refractivity contribution in [2.24, 2.45) is 0 Å². The van der Waals surface area contributed by atoms with E-state index in [2.05, 4.69) is 5.32 Å². The van der Waals surface area contributed by atoms with E-state index < -0.39 is 28.0 Å². The van der Waals surface area contributed by atoms with Gasteiger partial charge in [0.25, 0.3) is 11.6 Å². The number of carbonyl (C=O) groups excluding carboxylic acids is 1. The molecule has 21 heavy (non-hydrogen) atoms. The van der Waals surface area contributed by atoms with Crippen LogP contribution < -0.4 is 5.32 Å². The highest BCUT2D eigenvalue weighted by molar-refractivity contribution is 6.04. The van der Waals surface area contributed by atoms with E-state index in [0.717, 1.165) is 18.2 Å². The second kappa shape index (κ2) is 5.66. The minimum Gasteiger partial charge on any atom is -0.322 e. The molecular formula is C14H10F2N2O3. The number of halogens is 2. The van der Waals surface area contributed by atoms with Crippen molar-refractivity contribution in [3.05, 3.63) is 69.3 Å². The Labute approximate surface area is 118 Å². The smallest absolute Gasteiger partial charge is 0.269 e. The number of nitrogens with zero attached hydrogens (tertiary/aromatic N) is 1. The number of benzene rings is 2. The van der Waals surface area contributed by atoms with Crippen LogP contribution in [-0.2, 0) is 0 Å².